The molecule has 1 aromatic heterocycles. The number of nitrogens with zero attached hydrogens (tertiary/aromatic N) is 3. The number of amides is 1. The number of para-hydroxylation sites is 1. The number of carbonyl (C=O) groups excluding carboxylic acids is 1. The van der Waals surface area contributed by atoms with Crippen molar-refractivity contribution in [3.63, 3.8) is 0 Å². The van der Waals surface area contributed by atoms with E-state index in [-0.39, 0.29) is 18.1 Å². The summed E-state index contributed by atoms with van der Waals surface area (Å²) in [6.07, 6.45) is 2.68. The molecule has 0 radical (unpaired) electrons. The normalized spacial score (nSPS) is 23.8. The summed E-state index contributed by atoms with van der Waals surface area (Å²) in [6.45, 7) is 6.03. The van der Waals surface area contributed by atoms with Crippen LogP contribution in [0.3, 0.4) is 0 Å². The molecule has 6 heteroatoms. The van der Waals surface area contributed by atoms with Gasteiger partial charge in [-0.3, -0.25) is 9.69 Å². The Morgan fingerprint density at radius 3 is 2.54 bits per heavy atom. The lowest BCUT2D eigenvalue weighted by molar-refractivity contribution is -0.121. The molecular formula is C20H26N4O2. The van der Waals surface area contributed by atoms with Crippen molar-refractivity contribution >= 4 is 11.7 Å². The summed E-state index contributed by atoms with van der Waals surface area (Å²) in [7, 11) is 0. The highest BCUT2D eigenvalue weighted by atomic mass is 16.5. The Morgan fingerprint density at radius 2 is 1.88 bits per heavy atom. The summed E-state index contributed by atoms with van der Waals surface area (Å²) < 4.78 is 7.59. The first-order valence-corrected chi connectivity index (χ1v) is 9.41. The smallest absolute Gasteiger partial charge is 0.239 e. The molecule has 0 bridgehead atoms. The number of aromatic nitrogens is 2. The quantitative estimate of drug-likeness (QED) is 0.897. The molecule has 1 aliphatic heterocycles. The van der Waals surface area contributed by atoms with Crippen LogP contribution in [0.2, 0.25) is 0 Å². The summed E-state index contributed by atoms with van der Waals surface area (Å²) in [5.74, 6) is 1.28. The van der Waals surface area contributed by atoms with Gasteiger partial charge in [0.05, 0.1) is 30.1 Å². The molecule has 2 atom stereocenters. The van der Waals surface area contributed by atoms with E-state index < -0.39 is 0 Å². The van der Waals surface area contributed by atoms with E-state index in [0.717, 1.165) is 30.3 Å². The van der Waals surface area contributed by atoms with Crippen LogP contribution < -0.4 is 5.32 Å². The molecule has 4 rings (SSSR count). The second-order valence-electron chi connectivity index (χ2n) is 7.48. The van der Waals surface area contributed by atoms with Gasteiger partial charge in [0.2, 0.25) is 5.91 Å². The van der Waals surface area contributed by atoms with Gasteiger partial charge in [-0.05, 0) is 38.8 Å². The van der Waals surface area contributed by atoms with Crippen LogP contribution in [-0.4, -0.2) is 52.4 Å². The summed E-state index contributed by atoms with van der Waals surface area (Å²) in [5, 5.41) is 7.80. The zero-order chi connectivity index (χ0) is 18.1. The third kappa shape index (κ3) is 3.97. The number of nitrogens with one attached hydrogen (secondary N) is 1. The van der Waals surface area contributed by atoms with Crippen LogP contribution in [0.4, 0.5) is 5.82 Å². The average molecular weight is 354 g/mol. The summed E-state index contributed by atoms with van der Waals surface area (Å²) in [4.78, 5) is 14.8. The monoisotopic (exact) mass is 354 g/mol. The molecule has 0 unspecified atom stereocenters. The minimum atomic E-state index is -0.00859. The minimum Gasteiger partial charge on any atom is -0.373 e. The SMILES string of the molecule is C[C@@H]1CN(CC(=O)Nc2cc(C3CC3)nn2-c2ccccc2)C[C@@H](C)O1. The number of rotatable bonds is 5. The summed E-state index contributed by atoms with van der Waals surface area (Å²) in [5.41, 5.74) is 2.03. The molecule has 2 aliphatic rings. The second-order valence-corrected chi connectivity index (χ2v) is 7.48. The zero-order valence-electron chi connectivity index (χ0n) is 15.4. The molecule has 26 heavy (non-hydrogen) atoms. The first-order chi connectivity index (χ1) is 12.6. The number of hydrogen-bond donors (Lipinski definition) is 1. The number of anilines is 1. The van der Waals surface area contributed by atoms with Crippen molar-refractivity contribution in [3.8, 4) is 5.69 Å². The minimum absolute atomic E-state index is 0.00859. The van der Waals surface area contributed by atoms with Crippen LogP contribution in [0.15, 0.2) is 36.4 Å². The molecule has 1 N–H and O–H groups in total. The van der Waals surface area contributed by atoms with Crippen molar-refractivity contribution in [1.29, 1.82) is 0 Å². The third-order valence-electron chi connectivity index (χ3n) is 4.85. The Kier molecular flexibility index (Phi) is 4.78. The first kappa shape index (κ1) is 17.2. The highest BCUT2D eigenvalue weighted by Crippen LogP contribution is 2.40. The molecule has 2 heterocycles. The third-order valence-corrected chi connectivity index (χ3v) is 4.85. The molecular weight excluding hydrogens is 328 g/mol. The lowest BCUT2D eigenvalue weighted by Crippen LogP contribution is -2.48. The van der Waals surface area contributed by atoms with E-state index in [1.165, 1.54) is 12.8 Å². The van der Waals surface area contributed by atoms with Crippen LogP contribution in [0.25, 0.3) is 5.69 Å². The standard InChI is InChI=1S/C20H26N4O2/c1-14-11-23(12-15(2)26-14)13-20(25)21-19-10-18(16-8-9-16)22-24(19)17-6-4-3-5-7-17/h3-7,10,14-16H,8-9,11-13H2,1-2H3,(H,21,25)/t14-,15-/m1/s1. The van der Waals surface area contributed by atoms with Crippen molar-refractivity contribution in [1.82, 2.24) is 14.7 Å². The molecule has 1 saturated carbocycles. The largest absolute Gasteiger partial charge is 0.373 e. The van der Waals surface area contributed by atoms with E-state index >= 15 is 0 Å². The lowest BCUT2D eigenvalue weighted by atomic mass is 10.2. The molecule has 1 aromatic carbocycles. The highest BCUT2D eigenvalue weighted by molar-refractivity contribution is 5.91. The van der Waals surface area contributed by atoms with Gasteiger partial charge in [0.1, 0.15) is 5.82 Å². The van der Waals surface area contributed by atoms with Crippen molar-refractivity contribution < 1.29 is 9.53 Å². The average Bonchev–Trinajstić information content (AvgIpc) is 3.36. The van der Waals surface area contributed by atoms with E-state index in [1.54, 1.807) is 0 Å². The predicted octanol–water partition coefficient (Wildman–Crippen LogP) is 2.80. The van der Waals surface area contributed by atoms with Gasteiger partial charge in [-0.25, -0.2) is 4.68 Å². The summed E-state index contributed by atoms with van der Waals surface area (Å²) in [6, 6.07) is 12.0. The predicted molar refractivity (Wildman–Crippen MR) is 101 cm³/mol. The Bertz CT molecular complexity index is 759. The Morgan fingerprint density at radius 1 is 1.19 bits per heavy atom. The fourth-order valence-corrected chi connectivity index (χ4v) is 3.63. The number of ether oxygens (including phenoxy) is 1. The van der Waals surface area contributed by atoms with Crippen molar-refractivity contribution in [2.24, 2.45) is 0 Å². The van der Waals surface area contributed by atoms with E-state index in [0.29, 0.717) is 12.5 Å². The molecule has 2 aromatic rings. The first-order valence-electron chi connectivity index (χ1n) is 9.41. The van der Waals surface area contributed by atoms with Crippen LogP contribution in [-0.2, 0) is 9.53 Å². The lowest BCUT2D eigenvalue weighted by Gasteiger charge is -2.34. The number of carbonyl (C=O) groups is 1. The van der Waals surface area contributed by atoms with E-state index in [9.17, 15) is 4.79 Å². The molecule has 2 fully saturated rings. The molecule has 6 nitrogen and oxygen atoms in total. The molecule has 138 valence electrons. The van der Waals surface area contributed by atoms with Crippen LogP contribution in [0.5, 0.6) is 0 Å². The van der Waals surface area contributed by atoms with Gasteiger partial charge in [0, 0.05) is 25.1 Å². The Balaban J connectivity index is 1.49. The van der Waals surface area contributed by atoms with E-state index in [4.69, 9.17) is 9.84 Å². The van der Waals surface area contributed by atoms with Gasteiger partial charge in [-0.2, -0.15) is 5.10 Å². The van der Waals surface area contributed by atoms with Gasteiger partial charge < -0.3 is 10.1 Å². The second kappa shape index (κ2) is 7.21. The molecule has 0 spiro atoms. The van der Waals surface area contributed by atoms with Crippen LogP contribution in [0, 0.1) is 0 Å². The number of hydrogen-bond acceptors (Lipinski definition) is 4. The fraction of sp³-hybridized carbons (Fsp3) is 0.500. The molecule has 1 amide bonds. The maximum Gasteiger partial charge on any atom is 0.239 e. The van der Waals surface area contributed by atoms with Crippen LogP contribution >= 0.6 is 0 Å². The summed E-state index contributed by atoms with van der Waals surface area (Å²) >= 11 is 0. The number of benzene rings is 1. The molecule has 1 saturated heterocycles. The Labute approximate surface area is 154 Å². The van der Waals surface area contributed by atoms with Crippen molar-refractivity contribution in [3.05, 3.63) is 42.1 Å². The Hall–Kier alpha value is -2.18. The highest BCUT2D eigenvalue weighted by Gasteiger charge is 2.28. The van der Waals surface area contributed by atoms with Crippen LogP contribution in [0.1, 0.15) is 38.3 Å². The van der Waals surface area contributed by atoms with Crippen molar-refractivity contribution in [2.45, 2.75) is 44.8 Å². The fourth-order valence-electron chi connectivity index (χ4n) is 3.63. The maximum absolute atomic E-state index is 12.6. The number of morpholine rings is 1. The topological polar surface area (TPSA) is 59.4 Å². The zero-order valence-corrected chi connectivity index (χ0v) is 15.4. The molecule has 1 aliphatic carbocycles. The van der Waals surface area contributed by atoms with E-state index in [2.05, 4.69) is 10.2 Å². The van der Waals surface area contributed by atoms with Crippen molar-refractivity contribution in [2.75, 3.05) is 25.0 Å². The van der Waals surface area contributed by atoms with Gasteiger partial charge in [-0.15, -0.1) is 0 Å². The van der Waals surface area contributed by atoms with Gasteiger partial charge in [0.15, 0.2) is 0 Å². The van der Waals surface area contributed by atoms with E-state index in [1.807, 2.05) is 54.9 Å². The van der Waals surface area contributed by atoms with Gasteiger partial charge in [-0.1, -0.05) is 18.2 Å². The van der Waals surface area contributed by atoms with Gasteiger partial charge in [0.25, 0.3) is 0 Å². The van der Waals surface area contributed by atoms with Gasteiger partial charge >= 0.3 is 0 Å². The maximum atomic E-state index is 12.6.